The Morgan fingerprint density at radius 3 is 2.67 bits per heavy atom. The Labute approximate surface area is 137 Å². The zero-order valence-corrected chi connectivity index (χ0v) is 12.9. The molecular weight excluding hydrogens is 310 g/mol. The van der Waals surface area contributed by atoms with Gasteiger partial charge in [-0.05, 0) is 24.3 Å². The van der Waals surface area contributed by atoms with Gasteiger partial charge in [0.1, 0.15) is 11.5 Å². The lowest BCUT2D eigenvalue weighted by atomic mass is 10.3. The number of esters is 1. The van der Waals surface area contributed by atoms with E-state index in [1.165, 1.54) is 24.1 Å². The lowest BCUT2D eigenvalue weighted by Gasteiger charge is -2.07. The zero-order chi connectivity index (χ0) is 16.9. The van der Waals surface area contributed by atoms with Gasteiger partial charge in [0.25, 0.3) is 5.91 Å². The molecule has 2 heterocycles. The van der Waals surface area contributed by atoms with Crippen LogP contribution >= 0.6 is 0 Å². The Kier molecular flexibility index (Phi) is 4.42. The number of ether oxygens (including phenoxy) is 1. The number of nitrogens with one attached hydrogen (secondary N) is 1. The van der Waals surface area contributed by atoms with Gasteiger partial charge in [-0.15, -0.1) is 0 Å². The van der Waals surface area contributed by atoms with Gasteiger partial charge < -0.3 is 14.5 Å². The second-order valence-corrected chi connectivity index (χ2v) is 4.92. The van der Waals surface area contributed by atoms with Gasteiger partial charge in [0, 0.05) is 6.07 Å². The molecule has 2 aromatic heterocycles. The van der Waals surface area contributed by atoms with Gasteiger partial charge in [0.15, 0.2) is 5.69 Å². The maximum atomic E-state index is 12.5. The normalized spacial score (nSPS) is 10.4. The largest absolute Gasteiger partial charge is 0.467 e. The quantitative estimate of drug-likeness (QED) is 0.727. The third-order valence-corrected chi connectivity index (χ3v) is 3.34. The molecule has 0 unspecified atom stereocenters. The van der Waals surface area contributed by atoms with E-state index in [0.29, 0.717) is 11.4 Å². The van der Waals surface area contributed by atoms with Gasteiger partial charge in [-0.2, -0.15) is 5.10 Å². The summed E-state index contributed by atoms with van der Waals surface area (Å²) in [6.07, 6.45) is 1.53. The third kappa shape index (κ3) is 3.19. The first-order valence-corrected chi connectivity index (χ1v) is 7.23. The van der Waals surface area contributed by atoms with Crippen LogP contribution in [-0.4, -0.2) is 28.8 Å². The number of amides is 1. The fourth-order valence-electron chi connectivity index (χ4n) is 2.18. The lowest BCUT2D eigenvalue weighted by molar-refractivity contribution is 0.0593. The zero-order valence-electron chi connectivity index (χ0n) is 12.9. The first-order chi connectivity index (χ1) is 11.7. The van der Waals surface area contributed by atoms with Crippen LogP contribution in [0.3, 0.4) is 0 Å². The predicted molar refractivity (Wildman–Crippen MR) is 84.8 cm³/mol. The van der Waals surface area contributed by atoms with Gasteiger partial charge >= 0.3 is 5.97 Å². The fourth-order valence-corrected chi connectivity index (χ4v) is 2.18. The minimum absolute atomic E-state index is 0.0597. The molecule has 0 saturated heterocycles. The Morgan fingerprint density at radius 1 is 1.21 bits per heavy atom. The molecule has 0 fully saturated rings. The smallest absolute Gasteiger partial charge is 0.358 e. The Hall–Kier alpha value is -3.35. The summed E-state index contributed by atoms with van der Waals surface area (Å²) >= 11 is 0. The molecule has 1 N–H and O–H groups in total. The molecule has 1 amide bonds. The van der Waals surface area contributed by atoms with Crippen LogP contribution in [0.15, 0.2) is 59.2 Å². The first kappa shape index (κ1) is 15.5. The number of rotatable bonds is 5. The second-order valence-electron chi connectivity index (χ2n) is 4.92. The Morgan fingerprint density at radius 2 is 2.00 bits per heavy atom. The van der Waals surface area contributed by atoms with Gasteiger partial charge in [-0.1, -0.05) is 18.2 Å². The molecule has 0 bridgehead atoms. The number of hydrogen-bond donors (Lipinski definition) is 1. The van der Waals surface area contributed by atoms with Crippen molar-refractivity contribution in [2.45, 2.75) is 6.54 Å². The predicted octanol–water partition coefficient (Wildman–Crippen LogP) is 2.18. The SMILES string of the molecule is COC(=O)c1cc(C(=O)NCc2ccco2)n(-c2ccccc2)n1. The maximum absolute atomic E-state index is 12.5. The van der Waals surface area contributed by atoms with E-state index in [4.69, 9.17) is 4.42 Å². The fraction of sp³-hybridized carbons (Fsp3) is 0.118. The number of hydrogen-bond acceptors (Lipinski definition) is 5. The van der Waals surface area contributed by atoms with E-state index < -0.39 is 5.97 Å². The van der Waals surface area contributed by atoms with Crippen LogP contribution in [0.25, 0.3) is 5.69 Å². The number of methoxy groups -OCH3 is 1. The average molecular weight is 325 g/mol. The summed E-state index contributed by atoms with van der Waals surface area (Å²) < 4.78 is 11.3. The summed E-state index contributed by atoms with van der Waals surface area (Å²) in [6.45, 7) is 0.235. The highest BCUT2D eigenvalue weighted by molar-refractivity contribution is 5.96. The molecule has 3 aromatic rings. The highest BCUT2D eigenvalue weighted by atomic mass is 16.5. The van der Waals surface area contributed by atoms with Crippen LogP contribution in [0.4, 0.5) is 0 Å². The van der Waals surface area contributed by atoms with Crippen LogP contribution in [0.1, 0.15) is 26.7 Å². The number of carbonyl (C=O) groups is 2. The van der Waals surface area contributed by atoms with E-state index in [1.54, 1.807) is 24.3 Å². The highest BCUT2D eigenvalue weighted by Crippen LogP contribution is 2.14. The summed E-state index contributed by atoms with van der Waals surface area (Å²) in [5.74, 6) is -0.356. The van der Waals surface area contributed by atoms with E-state index >= 15 is 0 Å². The van der Waals surface area contributed by atoms with Crippen molar-refractivity contribution in [3.8, 4) is 5.69 Å². The summed E-state index contributed by atoms with van der Waals surface area (Å²) in [6, 6.07) is 14.0. The highest BCUT2D eigenvalue weighted by Gasteiger charge is 2.20. The molecule has 0 aliphatic rings. The molecular formula is C17H15N3O4. The number of nitrogens with zero attached hydrogens (tertiary/aromatic N) is 2. The van der Waals surface area contributed by atoms with E-state index in [9.17, 15) is 9.59 Å². The van der Waals surface area contributed by atoms with Crippen molar-refractivity contribution >= 4 is 11.9 Å². The molecule has 0 radical (unpaired) electrons. The molecule has 0 aliphatic carbocycles. The van der Waals surface area contributed by atoms with Crippen LogP contribution in [0, 0.1) is 0 Å². The van der Waals surface area contributed by atoms with E-state index in [1.807, 2.05) is 18.2 Å². The van der Waals surface area contributed by atoms with Crippen molar-refractivity contribution in [3.05, 3.63) is 71.9 Å². The number of furan rings is 1. The summed E-state index contributed by atoms with van der Waals surface area (Å²) in [7, 11) is 1.26. The van der Waals surface area contributed by atoms with Gasteiger partial charge in [0.2, 0.25) is 0 Å². The Balaban J connectivity index is 1.91. The Bertz CT molecular complexity index is 838. The van der Waals surface area contributed by atoms with E-state index in [0.717, 1.165) is 0 Å². The maximum Gasteiger partial charge on any atom is 0.358 e. The van der Waals surface area contributed by atoms with Crippen molar-refractivity contribution in [3.63, 3.8) is 0 Å². The summed E-state index contributed by atoms with van der Waals surface area (Å²) in [4.78, 5) is 24.2. The van der Waals surface area contributed by atoms with E-state index in [2.05, 4.69) is 15.2 Å². The van der Waals surface area contributed by atoms with Crippen molar-refractivity contribution in [1.29, 1.82) is 0 Å². The van der Waals surface area contributed by atoms with Crippen LogP contribution < -0.4 is 5.32 Å². The minimum atomic E-state index is -0.607. The minimum Gasteiger partial charge on any atom is -0.467 e. The third-order valence-electron chi connectivity index (χ3n) is 3.34. The molecule has 0 atom stereocenters. The molecule has 7 heteroatoms. The number of carbonyl (C=O) groups excluding carboxylic acids is 2. The van der Waals surface area contributed by atoms with Crippen LogP contribution in [-0.2, 0) is 11.3 Å². The summed E-state index contributed by atoms with van der Waals surface area (Å²) in [5, 5.41) is 6.91. The molecule has 0 aliphatic heterocycles. The van der Waals surface area contributed by atoms with Gasteiger partial charge in [-0.3, -0.25) is 4.79 Å². The molecule has 0 spiro atoms. The number of para-hydroxylation sites is 1. The number of aromatic nitrogens is 2. The first-order valence-electron chi connectivity index (χ1n) is 7.23. The molecule has 122 valence electrons. The average Bonchev–Trinajstić information content (AvgIpc) is 3.29. The van der Waals surface area contributed by atoms with Crippen LogP contribution in [0.5, 0.6) is 0 Å². The molecule has 0 saturated carbocycles. The van der Waals surface area contributed by atoms with Gasteiger partial charge in [-0.25, -0.2) is 9.48 Å². The second kappa shape index (κ2) is 6.82. The van der Waals surface area contributed by atoms with Crippen molar-refractivity contribution in [1.82, 2.24) is 15.1 Å². The molecule has 1 aromatic carbocycles. The molecule has 7 nitrogen and oxygen atoms in total. The monoisotopic (exact) mass is 325 g/mol. The number of benzene rings is 1. The lowest BCUT2D eigenvalue weighted by Crippen LogP contribution is -2.25. The van der Waals surface area contributed by atoms with Crippen molar-refractivity contribution in [2.24, 2.45) is 0 Å². The topological polar surface area (TPSA) is 86.4 Å². The summed E-state index contributed by atoms with van der Waals surface area (Å²) in [5.41, 5.74) is 0.952. The van der Waals surface area contributed by atoms with Crippen molar-refractivity contribution in [2.75, 3.05) is 7.11 Å². The van der Waals surface area contributed by atoms with Crippen molar-refractivity contribution < 1.29 is 18.7 Å². The standard InChI is InChI=1S/C17H15N3O4/c1-23-17(22)14-10-15(16(21)18-11-13-8-5-9-24-13)20(19-14)12-6-3-2-4-7-12/h2-10H,11H2,1H3,(H,18,21). The molecule has 24 heavy (non-hydrogen) atoms. The molecule has 3 rings (SSSR count). The van der Waals surface area contributed by atoms with Gasteiger partial charge in [0.05, 0.1) is 25.6 Å². The van der Waals surface area contributed by atoms with Crippen LogP contribution in [0.2, 0.25) is 0 Å². The van der Waals surface area contributed by atoms with E-state index in [-0.39, 0.29) is 23.8 Å².